The molecule has 2 atom stereocenters. The number of piperidine rings is 3. The molecule has 3 aromatic rings. The van der Waals surface area contributed by atoms with Crippen molar-refractivity contribution in [2.45, 2.75) is 30.9 Å². The van der Waals surface area contributed by atoms with E-state index in [9.17, 15) is 5.11 Å². The number of hydrogen-bond acceptors (Lipinski definition) is 5. The number of rotatable bonds is 4. The maximum absolute atomic E-state index is 12.1. The number of aliphatic hydroxyl groups is 1. The molecule has 6 rings (SSSR count). The molecule has 0 aliphatic carbocycles. The summed E-state index contributed by atoms with van der Waals surface area (Å²) >= 11 is 0. The normalized spacial score (nSPS) is 27.5. The van der Waals surface area contributed by atoms with E-state index in [1.165, 1.54) is 0 Å². The van der Waals surface area contributed by atoms with Crippen molar-refractivity contribution < 1.29 is 5.11 Å². The molecule has 5 heterocycles. The van der Waals surface area contributed by atoms with Crippen LogP contribution in [0.3, 0.4) is 0 Å². The van der Waals surface area contributed by atoms with Crippen molar-refractivity contribution in [2.75, 3.05) is 13.1 Å². The lowest BCUT2D eigenvalue weighted by atomic mass is 9.66. The summed E-state index contributed by atoms with van der Waals surface area (Å²) in [7, 11) is 0. The van der Waals surface area contributed by atoms with Gasteiger partial charge in [-0.05, 0) is 49.5 Å². The Bertz CT molecular complexity index is 1070. The Kier molecular flexibility index (Phi) is 4.82. The predicted octanol–water partition coefficient (Wildman–Crippen LogP) is 3.04. The average Bonchev–Trinajstić information content (AvgIpc) is 2.81. The van der Waals surface area contributed by atoms with Crippen LogP contribution in [0.2, 0.25) is 0 Å². The zero-order valence-electron chi connectivity index (χ0n) is 16.8. The number of terminal acetylenes is 1. The van der Waals surface area contributed by atoms with Gasteiger partial charge in [-0.15, -0.1) is 6.42 Å². The van der Waals surface area contributed by atoms with Gasteiger partial charge < -0.3 is 5.11 Å². The van der Waals surface area contributed by atoms with Crippen LogP contribution in [-0.2, 0) is 12.0 Å². The summed E-state index contributed by atoms with van der Waals surface area (Å²) in [4.78, 5) is 7.24. The highest BCUT2D eigenvalue weighted by Gasteiger charge is 2.54. The molecular formula is C25H24N4O. The van der Waals surface area contributed by atoms with E-state index in [2.05, 4.69) is 33.2 Å². The largest absolute Gasteiger partial charge is 0.382 e. The van der Waals surface area contributed by atoms with Gasteiger partial charge in [0.05, 0.1) is 23.8 Å². The molecule has 3 aliphatic heterocycles. The fourth-order valence-electron chi connectivity index (χ4n) is 5.09. The highest BCUT2D eigenvalue weighted by atomic mass is 16.3. The van der Waals surface area contributed by atoms with E-state index in [1.54, 1.807) is 12.4 Å². The fourth-order valence-corrected chi connectivity index (χ4v) is 5.09. The van der Waals surface area contributed by atoms with Crippen molar-refractivity contribution in [3.63, 3.8) is 0 Å². The first-order valence-corrected chi connectivity index (χ1v) is 10.4. The predicted molar refractivity (Wildman–Crippen MR) is 115 cm³/mol. The summed E-state index contributed by atoms with van der Waals surface area (Å²) in [5.74, 6) is 3.04. The van der Waals surface area contributed by atoms with Crippen LogP contribution >= 0.6 is 0 Å². The van der Waals surface area contributed by atoms with Gasteiger partial charge in [-0.3, -0.25) is 9.88 Å². The smallest absolute Gasteiger partial charge is 0.121 e. The molecule has 1 aromatic carbocycles. The van der Waals surface area contributed by atoms with Crippen molar-refractivity contribution in [1.29, 1.82) is 0 Å². The van der Waals surface area contributed by atoms with E-state index in [0.717, 1.165) is 54.0 Å². The van der Waals surface area contributed by atoms with Crippen LogP contribution in [0.25, 0.3) is 11.3 Å². The molecule has 2 unspecified atom stereocenters. The van der Waals surface area contributed by atoms with Crippen LogP contribution in [-0.4, -0.2) is 44.3 Å². The Labute approximate surface area is 176 Å². The topological polar surface area (TPSA) is 62.1 Å². The van der Waals surface area contributed by atoms with Crippen molar-refractivity contribution >= 4 is 0 Å². The Morgan fingerprint density at radius 1 is 1.07 bits per heavy atom. The maximum atomic E-state index is 12.1. The van der Waals surface area contributed by atoms with Gasteiger partial charge in [-0.2, -0.15) is 10.2 Å². The van der Waals surface area contributed by atoms with E-state index in [4.69, 9.17) is 11.4 Å². The zero-order chi connectivity index (χ0) is 20.6. The van der Waals surface area contributed by atoms with Gasteiger partial charge in [0, 0.05) is 17.5 Å². The number of aromatic nitrogens is 3. The molecule has 1 N–H and O–H groups in total. The van der Waals surface area contributed by atoms with Gasteiger partial charge in [-0.1, -0.05) is 42.3 Å². The minimum atomic E-state index is -1.09. The molecule has 0 radical (unpaired) electrons. The van der Waals surface area contributed by atoms with Gasteiger partial charge in [0.1, 0.15) is 11.6 Å². The van der Waals surface area contributed by atoms with Crippen molar-refractivity contribution in [3.8, 4) is 23.6 Å². The minimum Gasteiger partial charge on any atom is -0.382 e. The van der Waals surface area contributed by atoms with Crippen molar-refractivity contribution in [2.24, 2.45) is 5.92 Å². The lowest BCUT2D eigenvalue weighted by Crippen LogP contribution is -2.63. The summed E-state index contributed by atoms with van der Waals surface area (Å²) in [5, 5.41) is 19.9. The summed E-state index contributed by atoms with van der Waals surface area (Å²) in [6, 6.07) is 15.8. The molecule has 0 spiro atoms. The molecule has 5 nitrogen and oxygen atoms in total. The first-order valence-electron chi connectivity index (χ1n) is 10.4. The van der Waals surface area contributed by atoms with Crippen LogP contribution in [0.15, 0.2) is 60.9 Å². The molecule has 3 fully saturated rings. The van der Waals surface area contributed by atoms with E-state index in [-0.39, 0.29) is 12.0 Å². The number of pyridine rings is 1. The molecule has 30 heavy (non-hydrogen) atoms. The standard InChI is InChI=1S/C25H24N4O/c1-2-24-25(30,20-11-14-29(24)15-12-20)21-8-9-22(19-10-13-26-27-17-19)28-23(21)16-18-6-4-3-5-7-18/h1,3-10,13,17,20,24,30H,11-12,14-16H2. The first-order chi connectivity index (χ1) is 14.7. The Morgan fingerprint density at radius 2 is 1.87 bits per heavy atom. The summed E-state index contributed by atoms with van der Waals surface area (Å²) in [5.41, 5.74) is 3.51. The average molecular weight is 396 g/mol. The van der Waals surface area contributed by atoms with Gasteiger partial charge in [0.25, 0.3) is 0 Å². The molecule has 2 bridgehead atoms. The minimum absolute atomic E-state index is 0.147. The third-order valence-corrected chi connectivity index (χ3v) is 6.59. The molecule has 2 aromatic heterocycles. The van der Waals surface area contributed by atoms with Gasteiger partial charge in [-0.25, -0.2) is 0 Å². The van der Waals surface area contributed by atoms with Crippen molar-refractivity contribution in [3.05, 3.63) is 77.7 Å². The maximum Gasteiger partial charge on any atom is 0.121 e. The van der Waals surface area contributed by atoms with Crippen LogP contribution in [0.4, 0.5) is 0 Å². The molecular weight excluding hydrogens is 372 g/mol. The van der Waals surface area contributed by atoms with Crippen LogP contribution in [0.1, 0.15) is 29.7 Å². The Hall–Kier alpha value is -3.07. The van der Waals surface area contributed by atoms with Crippen LogP contribution < -0.4 is 0 Å². The third kappa shape index (κ3) is 3.09. The highest BCUT2D eigenvalue weighted by molar-refractivity contribution is 5.58. The second-order valence-corrected chi connectivity index (χ2v) is 8.19. The SMILES string of the molecule is C#CC1N2CCC(CC2)C1(O)c1ccc(-c2ccnnc2)nc1Cc1ccccc1. The summed E-state index contributed by atoms with van der Waals surface area (Å²) in [6.07, 6.45) is 11.9. The summed E-state index contributed by atoms with van der Waals surface area (Å²) in [6.45, 7) is 1.90. The van der Waals surface area contributed by atoms with Crippen LogP contribution in [0, 0.1) is 18.3 Å². The van der Waals surface area contributed by atoms with Crippen LogP contribution in [0.5, 0.6) is 0 Å². The fraction of sp³-hybridized carbons (Fsp3) is 0.320. The monoisotopic (exact) mass is 396 g/mol. The number of hydrogen-bond donors (Lipinski definition) is 1. The van der Waals surface area contributed by atoms with E-state index >= 15 is 0 Å². The lowest BCUT2D eigenvalue weighted by Gasteiger charge is -2.54. The molecule has 3 aliphatic rings. The number of nitrogens with zero attached hydrogens (tertiary/aromatic N) is 4. The zero-order valence-corrected chi connectivity index (χ0v) is 16.8. The second kappa shape index (κ2) is 7.64. The highest BCUT2D eigenvalue weighted by Crippen LogP contribution is 2.47. The number of fused-ring (bicyclic) bond motifs is 3. The van der Waals surface area contributed by atoms with E-state index in [0.29, 0.717) is 6.42 Å². The van der Waals surface area contributed by atoms with E-state index < -0.39 is 5.60 Å². The quantitative estimate of drug-likeness (QED) is 0.687. The Morgan fingerprint density at radius 3 is 2.57 bits per heavy atom. The number of benzene rings is 1. The van der Waals surface area contributed by atoms with E-state index in [1.807, 2.05) is 36.4 Å². The van der Waals surface area contributed by atoms with Gasteiger partial charge >= 0.3 is 0 Å². The molecule has 3 saturated heterocycles. The molecule has 0 amide bonds. The third-order valence-electron chi connectivity index (χ3n) is 6.59. The van der Waals surface area contributed by atoms with Crippen molar-refractivity contribution in [1.82, 2.24) is 20.1 Å². The lowest BCUT2D eigenvalue weighted by molar-refractivity contribution is -0.143. The molecule has 5 heteroatoms. The Balaban J connectivity index is 1.65. The summed E-state index contributed by atoms with van der Waals surface area (Å²) < 4.78 is 0. The van der Waals surface area contributed by atoms with Gasteiger partial charge in [0.2, 0.25) is 0 Å². The molecule has 0 saturated carbocycles. The van der Waals surface area contributed by atoms with Gasteiger partial charge in [0.15, 0.2) is 0 Å². The second-order valence-electron chi connectivity index (χ2n) is 8.19. The molecule has 150 valence electrons. The first kappa shape index (κ1) is 18.9.